The van der Waals surface area contributed by atoms with Crippen molar-refractivity contribution in [1.82, 2.24) is 14.3 Å². The maximum atomic E-state index is 11.6. The second-order valence-electron chi connectivity index (χ2n) is 4.82. The molecule has 0 spiro atoms. The van der Waals surface area contributed by atoms with Crippen LogP contribution in [-0.4, -0.2) is 52.9 Å². The molecule has 0 aromatic carbocycles. The number of methoxy groups -OCH3 is 1. The van der Waals surface area contributed by atoms with E-state index < -0.39 is 0 Å². The highest BCUT2D eigenvalue weighted by atomic mass is 32.2. The van der Waals surface area contributed by atoms with Crippen molar-refractivity contribution in [3.63, 3.8) is 0 Å². The number of hydrogen-bond donors (Lipinski definition) is 0. The average Bonchev–Trinajstić information content (AvgIpc) is 2.86. The maximum Gasteiger partial charge on any atom is 0.294 e. The number of rotatable bonds is 4. The quantitative estimate of drug-likeness (QED) is 0.788. The number of hydrogen-bond acceptors (Lipinski definition) is 7. The van der Waals surface area contributed by atoms with Crippen LogP contribution in [0.3, 0.4) is 0 Å². The van der Waals surface area contributed by atoms with Crippen LogP contribution in [-0.2, 0) is 4.74 Å². The summed E-state index contributed by atoms with van der Waals surface area (Å²) in [6.07, 6.45) is 4.45. The molecule has 0 radical (unpaired) electrons. The lowest BCUT2D eigenvalue weighted by Crippen LogP contribution is -2.36. The van der Waals surface area contributed by atoms with Crippen LogP contribution in [0.4, 0.5) is 4.79 Å². The average molecular weight is 333 g/mol. The summed E-state index contributed by atoms with van der Waals surface area (Å²) in [6, 6.07) is 0. The number of ether oxygens (including phenoxy) is 2. The van der Waals surface area contributed by atoms with Crippen molar-refractivity contribution < 1.29 is 14.3 Å². The second kappa shape index (κ2) is 8.55. The van der Waals surface area contributed by atoms with Crippen LogP contribution in [0.1, 0.15) is 33.1 Å². The summed E-state index contributed by atoms with van der Waals surface area (Å²) in [5.74, 6) is 0. The van der Waals surface area contributed by atoms with Crippen LogP contribution in [0.2, 0.25) is 0 Å². The van der Waals surface area contributed by atoms with Crippen molar-refractivity contribution in [2.75, 3.05) is 21.2 Å². The van der Waals surface area contributed by atoms with E-state index >= 15 is 0 Å². The molecular weight excluding hydrogens is 310 g/mol. The normalized spacial score (nSPS) is 21.5. The lowest BCUT2D eigenvalue weighted by Gasteiger charge is -2.29. The van der Waals surface area contributed by atoms with Crippen LogP contribution >= 0.6 is 23.3 Å². The van der Waals surface area contributed by atoms with Gasteiger partial charge in [-0.15, -0.1) is 0 Å². The summed E-state index contributed by atoms with van der Waals surface area (Å²) in [5, 5.41) is 0.850. The van der Waals surface area contributed by atoms with E-state index in [1.165, 1.54) is 22.9 Å². The summed E-state index contributed by atoms with van der Waals surface area (Å²) >= 11 is 2.18. The lowest BCUT2D eigenvalue weighted by molar-refractivity contribution is -0.0231. The predicted octanol–water partition coefficient (Wildman–Crippen LogP) is 3.28. The Labute approximate surface area is 134 Å². The van der Waals surface area contributed by atoms with Gasteiger partial charge in [0.25, 0.3) is 10.4 Å². The first-order valence-corrected chi connectivity index (χ1v) is 8.11. The fraction of sp³-hybridized carbons (Fsp3) is 0.769. The number of carbonyl (C=O) groups excluding carboxylic acids is 1. The van der Waals surface area contributed by atoms with Crippen LogP contribution in [0.15, 0.2) is 5.16 Å². The minimum Gasteiger partial charge on any atom is -0.463 e. The van der Waals surface area contributed by atoms with E-state index in [-0.39, 0.29) is 24.9 Å². The zero-order valence-electron chi connectivity index (χ0n) is 11.9. The van der Waals surface area contributed by atoms with Gasteiger partial charge in [0.05, 0.1) is 6.10 Å². The molecule has 8 heteroatoms. The minimum atomic E-state index is -0.0956. The Hall–Kier alpha value is -0.860. The van der Waals surface area contributed by atoms with Gasteiger partial charge in [-0.2, -0.15) is 9.36 Å². The first kappa shape index (κ1) is 18.2. The van der Waals surface area contributed by atoms with Gasteiger partial charge in [0.15, 0.2) is 0 Å². The van der Waals surface area contributed by atoms with Crippen molar-refractivity contribution >= 4 is 28.5 Å². The molecule has 0 aliphatic heterocycles. The number of thioether (sulfide) groups is 1. The fourth-order valence-electron chi connectivity index (χ4n) is 2.05. The minimum absolute atomic E-state index is 0. The molecule has 0 saturated heterocycles. The van der Waals surface area contributed by atoms with E-state index in [1.54, 1.807) is 21.2 Å². The van der Waals surface area contributed by atoms with Gasteiger partial charge in [0.1, 0.15) is 6.10 Å². The molecule has 1 unspecified atom stereocenters. The zero-order chi connectivity index (χ0) is 14.5. The van der Waals surface area contributed by atoms with Crippen LogP contribution in [0.25, 0.3) is 0 Å². The van der Waals surface area contributed by atoms with Crippen LogP contribution < -0.4 is 4.74 Å². The molecule has 1 aliphatic rings. The molecule has 1 aliphatic carbocycles. The molecule has 120 valence electrons. The third-order valence-electron chi connectivity index (χ3n) is 3.13. The molecule has 1 saturated carbocycles. The standard InChI is InChI=1S/C12H19N3O3S2.CH4/c1-15(2)12(16)19-10-13-11(20-14-10)18-9-7-5-4-6-8(9)17-3;/h8-9H,4-7H2,1-3H3;1H4/t8?,9-;/m0./s1. The number of aromatic nitrogens is 2. The van der Waals surface area contributed by atoms with E-state index in [4.69, 9.17) is 9.47 Å². The summed E-state index contributed by atoms with van der Waals surface area (Å²) in [6.45, 7) is 0. The topological polar surface area (TPSA) is 64.6 Å². The van der Waals surface area contributed by atoms with Crippen molar-refractivity contribution in [3.05, 3.63) is 0 Å². The molecule has 1 amide bonds. The molecule has 1 fully saturated rings. The summed E-state index contributed by atoms with van der Waals surface area (Å²) in [4.78, 5) is 17.3. The zero-order valence-corrected chi connectivity index (χ0v) is 13.5. The molecule has 2 atom stereocenters. The molecule has 1 aromatic rings. The Morgan fingerprint density at radius 2 is 2.00 bits per heavy atom. The first-order valence-electron chi connectivity index (χ1n) is 6.52. The van der Waals surface area contributed by atoms with Gasteiger partial charge >= 0.3 is 0 Å². The van der Waals surface area contributed by atoms with Gasteiger partial charge in [0.2, 0.25) is 5.16 Å². The molecular formula is C13H23N3O3S2. The van der Waals surface area contributed by atoms with Crippen molar-refractivity contribution in [2.24, 2.45) is 0 Å². The third-order valence-corrected chi connectivity index (χ3v) is 4.76. The van der Waals surface area contributed by atoms with Crippen LogP contribution in [0.5, 0.6) is 5.19 Å². The molecule has 2 rings (SSSR count). The van der Waals surface area contributed by atoms with Crippen molar-refractivity contribution in [1.29, 1.82) is 0 Å². The van der Waals surface area contributed by atoms with E-state index in [2.05, 4.69) is 9.36 Å². The Morgan fingerprint density at radius 3 is 2.62 bits per heavy atom. The smallest absolute Gasteiger partial charge is 0.294 e. The molecule has 21 heavy (non-hydrogen) atoms. The monoisotopic (exact) mass is 333 g/mol. The largest absolute Gasteiger partial charge is 0.463 e. The van der Waals surface area contributed by atoms with E-state index in [0.717, 1.165) is 31.0 Å². The third kappa shape index (κ3) is 5.12. The highest BCUT2D eigenvalue weighted by Crippen LogP contribution is 2.28. The van der Waals surface area contributed by atoms with E-state index in [1.807, 2.05) is 0 Å². The van der Waals surface area contributed by atoms with Crippen molar-refractivity contribution in [2.45, 2.75) is 50.5 Å². The first-order chi connectivity index (χ1) is 9.60. The second-order valence-corrected chi connectivity index (χ2v) is 6.45. The number of amides is 1. The highest BCUT2D eigenvalue weighted by molar-refractivity contribution is 8.13. The molecule has 1 aromatic heterocycles. The number of nitrogens with zero attached hydrogens (tertiary/aromatic N) is 3. The van der Waals surface area contributed by atoms with Gasteiger partial charge in [-0.05, 0) is 19.3 Å². The van der Waals surface area contributed by atoms with Gasteiger partial charge in [-0.3, -0.25) is 4.79 Å². The summed E-state index contributed by atoms with van der Waals surface area (Å²) in [5.41, 5.74) is 0. The summed E-state index contributed by atoms with van der Waals surface area (Å²) in [7, 11) is 5.11. The van der Waals surface area contributed by atoms with E-state index in [9.17, 15) is 4.79 Å². The molecule has 6 nitrogen and oxygen atoms in total. The van der Waals surface area contributed by atoms with Gasteiger partial charge in [0, 0.05) is 44.5 Å². The van der Waals surface area contributed by atoms with E-state index in [0.29, 0.717) is 10.4 Å². The predicted molar refractivity (Wildman–Crippen MR) is 85.3 cm³/mol. The Kier molecular flexibility index (Phi) is 7.41. The Bertz CT molecular complexity index is 454. The molecule has 0 bridgehead atoms. The summed E-state index contributed by atoms with van der Waals surface area (Å²) < 4.78 is 15.4. The number of carbonyl (C=O) groups is 1. The van der Waals surface area contributed by atoms with Gasteiger partial charge in [-0.1, -0.05) is 13.8 Å². The van der Waals surface area contributed by atoms with Crippen molar-refractivity contribution in [3.8, 4) is 5.19 Å². The Balaban J connectivity index is 0.00000220. The maximum absolute atomic E-state index is 11.6. The van der Waals surface area contributed by atoms with Crippen LogP contribution in [0, 0.1) is 0 Å². The molecule has 1 heterocycles. The SMILES string of the molecule is C.COC1CCCC[C@@H]1Oc1nc(SC(=O)N(C)C)ns1. The molecule has 0 N–H and O–H groups in total. The fourth-order valence-corrected chi connectivity index (χ4v) is 3.33. The highest BCUT2D eigenvalue weighted by Gasteiger charge is 2.27. The Morgan fingerprint density at radius 1 is 1.33 bits per heavy atom. The lowest BCUT2D eigenvalue weighted by atomic mass is 9.95. The van der Waals surface area contributed by atoms with Gasteiger partial charge < -0.3 is 14.4 Å². The van der Waals surface area contributed by atoms with Gasteiger partial charge in [-0.25, -0.2) is 0 Å².